The molecule has 0 aliphatic carbocycles. The van der Waals surface area contributed by atoms with Crippen molar-refractivity contribution in [1.29, 1.82) is 0 Å². The monoisotopic (exact) mass is 310 g/mol. The van der Waals surface area contributed by atoms with Gasteiger partial charge in [0.05, 0.1) is 16.7 Å². The maximum absolute atomic E-state index is 12.3. The number of piperazine rings is 1. The highest BCUT2D eigenvalue weighted by Crippen LogP contribution is 2.14. The first-order valence-electron chi connectivity index (χ1n) is 7.69. The molecule has 5 nitrogen and oxygen atoms in total. The Morgan fingerprint density at radius 1 is 1.43 bits per heavy atom. The fourth-order valence-electron chi connectivity index (χ4n) is 2.54. The zero-order valence-electron chi connectivity index (χ0n) is 13.2. The van der Waals surface area contributed by atoms with Crippen LogP contribution < -0.4 is 5.73 Å². The quantitative estimate of drug-likeness (QED) is 0.894. The summed E-state index contributed by atoms with van der Waals surface area (Å²) in [5.74, 6) is 0.349. The Kier molecular flexibility index (Phi) is 5.72. The summed E-state index contributed by atoms with van der Waals surface area (Å²) >= 11 is 1.69. The highest BCUT2D eigenvalue weighted by Gasteiger charge is 2.27. The SMILES string of the molecule is CC[C@H](C)[C@H](N)C(=O)N1CCN(Cc2csc(C)n2)CC1. The smallest absolute Gasteiger partial charge is 0.239 e. The van der Waals surface area contributed by atoms with Crippen LogP contribution >= 0.6 is 11.3 Å². The van der Waals surface area contributed by atoms with Gasteiger partial charge in [-0.1, -0.05) is 20.3 Å². The third kappa shape index (κ3) is 4.25. The zero-order chi connectivity index (χ0) is 15.4. The van der Waals surface area contributed by atoms with Gasteiger partial charge in [-0.05, 0) is 12.8 Å². The maximum Gasteiger partial charge on any atom is 0.239 e. The molecule has 118 valence electrons. The van der Waals surface area contributed by atoms with E-state index in [2.05, 4.69) is 22.2 Å². The van der Waals surface area contributed by atoms with E-state index in [4.69, 9.17) is 5.73 Å². The first-order chi connectivity index (χ1) is 10.0. The molecule has 2 atom stereocenters. The molecule has 1 saturated heterocycles. The summed E-state index contributed by atoms with van der Waals surface area (Å²) in [6.45, 7) is 10.4. The predicted octanol–water partition coefficient (Wildman–Crippen LogP) is 1.47. The van der Waals surface area contributed by atoms with E-state index in [1.165, 1.54) is 0 Å². The van der Waals surface area contributed by atoms with Gasteiger partial charge in [0.2, 0.25) is 5.91 Å². The van der Waals surface area contributed by atoms with Gasteiger partial charge >= 0.3 is 0 Å². The van der Waals surface area contributed by atoms with Crippen molar-refractivity contribution in [3.8, 4) is 0 Å². The van der Waals surface area contributed by atoms with Crippen molar-refractivity contribution in [2.75, 3.05) is 26.2 Å². The van der Waals surface area contributed by atoms with Crippen LogP contribution in [-0.2, 0) is 11.3 Å². The standard InChI is InChI=1S/C15H26N4OS/c1-4-11(2)14(16)15(20)19-7-5-18(6-8-19)9-13-10-21-12(3)17-13/h10-11,14H,4-9,16H2,1-3H3/t11-,14-/m0/s1. The first-order valence-corrected chi connectivity index (χ1v) is 8.57. The van der Waals surface area contributed by atoms with Crippen molar-refractivity contribution in [3.05, 3.63) is 16.1 Å². The molecule has 1 aliphatic rings. The second-order valence-corrected chi connectivity index (χ2v) is 6.93. The number of hydrogen-bond acceptors (Lipinski definition) is 5. The fraction of sp³-hybridized carbons (Fsp3) is 0.733. The van der Waals surface area contributed by atoms with E-state index in [1.807, 2.05) is 18.7 Å². The molecule has 0 aromatic carbocycles. The Morgan fingerprint density at radius 3 is 2.62 bits per heavy atom. The molecule has 2 heterocycles. The number of hydrogen-bond donors (Lipinski definition) is 1. The van der Waals surface area contributed by atoms with Crippen LogP contribution in [0, 0.1) is 12.8 Å². The van der Waals surface area contributed by atoms with Crippen molar-refractivity contribution < 1.29 is 4.79 Å². The summed E-state index contributed by atoms with van der Waals surface area (Å²) in [4.78, 5) is 21.1. The van der Waals surface area contributed by atoms with Crippen LogP contribution in [0.2, 0.25) is 0 Å². The van der Waals surface area contributed by atoms with Gasteiger partial charge in [-0.25, -0.2) is 4.98 Å². The molecule has 0 bridgehead atoms. The second-order valence-electron chi connectivity index (χ2n) is 5.87. The number of carbonyl (C=O) groups is 1. The van der Waals surface area contributed by atoms with E-state index < -0.39 is 0 Å². The van der Waals surface area contributed by atoms with Crippen molar-refractivity contribution in [1.82, 2.24) is 14.8 Å². The number of amides is 1. The molecule has 1 amide bonds. The molecule has 2 N–H and O–H groups in total. The lowest BCUT2D eigenvalue weighted by molar-refractivity contribution is -0.135. The van der Waals surface area contributed by atoms with Crippen molar-refractivity contribution >= 4 is 17.2 Å². The molecule has 0 radical (unpaired) electrons. The Labute approximate surface area is 131 Å². The lowest BCUT2D eigenvalue weighted by Gasteiger charge is -2.36. The molecule has 1 fully saturated rings. The van der Waals surface area contributed by atoms with Crippen LogP contribution in [0.15, 0.2) is 5.38 Å². The van der Waals surface area contributed by atoms with Gasteiger partial charge in [-0.3, -0.25) is 9.69 Å². The van der Waals surface area contributed by atoms with Crippen molar-refractivity contribution in [3.63, 3.8) is 0 Å². The van der Waals surface area contributed by atoms with Crippen LogP contribution in [0.5, 0.6) is 0 Å². The summed E-state index contributed by atoms with van der Waals surface area (Å²) in [6, 6.07) is -0.359. The van der Waals surface area contributed by atoms with E-state index in [-0.39, 0.29) is 17.9 Å². The number of carbonyl (C=O) groups excluding carboxylic acids is 1. The summed E-state index contributed by atoms with van der Waals surface area (Å²) < 4.78 is 0. The first kappa shape index (κ1) is 16.4. The molecule has 0 saturated carbocycles. The normalized spacial score (nSPS) is 19.5. The van der Waals surface area contributed by atoms with Gasteiger partial charge in [0.1, 0.15) is 0 Å². The van der Waals surface area contributed by atoms with Crippen LogP contribution in [0.4, 0.5) is 0 Å². The molecule has 0 unspecified atom stereocenters. The lowest BCUT2D eigenvalue weighted by Crippen LogP contribution is -2.54. The summed E-state index contributed by atoms with van der Waals surface area (Å²) in [5, 5.41) is 3.23. The highest BCUT2D eigenvalue weighted by molar-refractivity contribution is 7.09. The highest BCUT2D eigenvalue weighted by atomic mass is 32.1. The van der Waals surface area contributed by atoms with Gasteiger partial charge in [-0.15, -0.1) is 11.3 Å². The van der Waals surface area contributed by atoms with Crippen LogP contribution in [-0.4, -0.2) is 52.9 Å². The number of nitrogens with two attached hydrogens (primary N) is 1. The van der Waals surface area contributed by atoms with Crippen LogP contribution in [0.1, 0.15) is 31.0 Å². The summed E-state index contributed by atoms with van der Waals surface area (Å²) in [6.07, 6.45) is 0.941. The number of thiazole rings is 1. The Morgan fingerprint density at radius 2 is 2.10 bits per heavy atom. The number of aryl methyl sites for hydroxylation is 1. The fourth-order valence-corrected chi connectivity index (χ4v) is 3.15. The topological polar surface area (TPSA) is 62.5 Å². The molecule has 1 aromatic rings. The average molecular weight is 310 g/mol. The minimum Gasteiger partial charge on any atom is -0.339 e. The zero-order valence-corrected chi connectivity index (χ0v) is 14.0. The molecule has 21 heavy (non-hydrogen) atoms. The van der Waals surface area contributed by atoms with E-state index in [0.29, 0.717) is 0 Å². The van der Waals surface area contributed by atoms with Crippen LogP contribution in [0.25, 0.3) is 0 Å². The summed E-state index contributed by atoms with van der Waals surface area (Å²) in [5.41, 5.74) is 7.18. The van der Waals surface area contributed by atoms with Crippen molar-refractivity contribution in [2.24, 2.45) is 11.7 Å². The largest absolute Gasteiger partial charge is 0.339 e. The second kappa shape index (κ2) is 7.33. The van der Waals surface area contributed by atoms with E-state index in [0.717, 1.165) is 49.8 Å². The number of aromatic nitrogens is 1. The van der Waals surface area contributed by atoms with Gasteiger partial charge in [-0.2, -0.15) is 0 Å². The Bertz CT molecular complexity index is 468. The van der Waals surface area contributed by atoms with Gasteiger partial charge < -0.3 is 10.6 Å². The lowest BCUT2D eigenvalue weighted by atomic mass is 9.98. The molecule has 0 spiro atoms. The molecular weight excluding hydrogens is 284 g/mol. The Hall–Kier alpha value is -0.980. The van der Waals surface area contributed by atoms with Gasteiger partial charge in [0.25, 0.3) is 0 Å². The molecule has 6 heteroatoms. The van der Waals surface area contributed by atoms with E-state index in [1.54, 1.807) is 11.3 Å². The third-order valence-electron chi connectivity index (χ3n) is 4.28. The molecule has 1 aliphatic heterocycles. The van der Waals surface area contributed by atoms with Crippen molar-refractivity contribution in [2.45, 2.75) is 39.8 Å². The number of nitrogens with zero attached hydrogens (tertiary/aromatic N) is 3. The van der Waals surface area contributed by atoms with Gasteiger partial charge in [0, 0.05) is 38.1 Å². The average Bonchev–Trinajstić information content (AvgIpc) is 2.90. The van der Waals surface area contributed by atoms with Crippen LogP contribution in [0.3, 0.4) is 0 Å². The predicted molar refractivity (Wildman–Crippen MR) is 86.1 cm³/mol. The summed E-state index contributed by atoms with van der Waals surface area (Å²) in [7, 11) is 0. The third-order valence-corrected chi connectivity index (χ3v) is 5.10. The molecule has 2 rings (SSSR count). The van der Waals surface area contributed by atoms with E-state index >= 15 is 0 Å². The maximum atomic E-state index is 12.3. The van der Waals surface area contributed by atoms with Gasteiger partial charge in [0.15, 0.2) is 0 Å². The van der Waals surface area contributed by atoms with E-state index in [9.17, 15) is 4.79 Å². The molecular formula is C15H26N4OS. The number of rotatable bonds is 5. The minimum absolute atomic E-state index is 0.105. The Balaban J connectivity index is 1.81. The minimum atomic E-state index is -0.359. The molecule has 1 aromatic heterocycles.